The van der Waals surface area contributed by atoms with Crippen molar-refractivity contribution in [1.82, 2.24) is 0 Å². The minimum atomic E-state index is -1.32. The molecular formula is C17H22O5S. The Kier molecular flexibility index (Phi) is 5.21. The number of ether oxygens (including phenoxy) is 1. The normalized spacial score (nSPS) is 38.5. The van der Waals surface area contributed by atoms with E-state index < -0.39 is 47.4 Å². The van der Waals surface area contributed by atoms with Gasteiger partial charge < -0.3 is 25.2 Å². The molecule has 6 atom stereocenters. The minimum Gasteiger partial charge on any atom is -0.394 e. The third-order valence-electron chi connectivity index (χ3n) is 4.24. The highest BCUT2D eigenvalue weighted by Crippen LogP contribution is 2.50. The van der Waals surface area contributed by atoms with E-state index >= 15 is 0 Å². The van der Waals surface area contributed by atoms with Crippen LogP contribution in [-0.4, -0.2) is 56.9 Å². The predicted octanol–water partition coefficient (Wildman–Crippen LogP) is 0.441. The molecule has 2 aliphatic heterocycles. The average molecular weight is 338 g/mol. The van der Waals surface area contributed by atoms with Crippen molar-refractivity contribution in [2.75, 3.05) is 6.61 Å². The molecule has 0 amide bonds. The summed E-state index contributed by atoms with van der Waals surface area (Å²) in [6.07, 6.45) is 0.0311. The van der Waals surface area contributed by atoms with E-state index in [1.165, 1.54) is 5.56 Å². The maximum absolute atomic E-state index is 10.3. The summed E-state index contributed by atoms with van der Waals surface area (Å²) in [7, 11) is -0.942. The molecule has 0 bridgehead atoms. The van der Waals surface area contributed by atoms with Crippen LogP contribution in [0.5, 0.6) is 0 Å². The summed E-state index contributed by atoms with van der Waals surface area (Å²) in [4.78, 5) is 1.13. The maximum atomic E-state index is 10.3. The molecule has 5 nitrogen and oxygen atoms in total. The smallest absolute Gasteiger partial charge is 0.121 e. The van der Waals surface area contributed by atoms with Crippen LogP contribution in [0.2, 0.25) is 0 Å². The molecule has 126 valence electrons. The SMILES string of the molecule is OC[C@H]1O[C@@H]([SH]2C=CC=C2Cc2ccccc2)[C@H](O)[C@@H](O)[C@@H]1O. The fourth-order valence-electron chi connectivity index (χ4n) is 2.94. The van der Waals surface area contributed by atoms with E-state index in [1.54, 1.807) is 0 Å². The Bertz CT molecular complexity index is 586. The predicted molar refractivity (Wildman–Crippen MR) is 90.1 cm³/mol. The van der Waals surface area contributed by atoms with Gasteiger partial charge in [0.15, 0.2) is 0 Å². The first-order valence-corrected chi connectivity index (χ1v) is 9.10. The molecule has 0 radical (unpaired) electrons. The van der Waals surface area contributed by atoms with Gasteiger partial charge >= 0.3 is 0 Å². The Morgan fingerprint density at radius 3 is 2.43 bits per heavy atom. The van der Waals surface area contributed by atoms with Gasteiger partial charge in [0, 0.05) is 6.42 Å². The second-order valence-electron chi connectivity index (χ2n) is 5.79. The number of aliphatic hydroxyl groups is 4. The highest BCUT2D eigenvalue weighted by atomic mass is 32.2. The standard InChI is InChI=1S/C17H22O5S/c18-10-13-14(19)15(20)16(21)17(22-13)23-8-4-7-12(23)9-11-5-2-1-3-6-11/h1-8,13-21,23H,9-10H2/t13-,14-,15+,16-,17+/m1/s1. The Morgan fingerprint density at radius 2 is 1.74 bits per heavy atom. The van der Waals surface area contributed by atoms with Gasteiger partial charge in [0.05, 0.1) is 6.61 Å². The van der Waals surface area contributed by atoms with Crippen molar-refractivity contribution in [2.24, 2.45) is 0 Å². The second kappa shape index (κ2) is 7.17. The van der Waals surface area contributed by atoms with E-state index in [4.69, 9.17) is 4.74 Å². The van der Waals surface area contributed by atoms with Gasteiger partial charge in [0.1, 0.15) is 29.9 Å². The number of aliphatic hydroxyl groups excluding tert-OH is 4. The highest BCUT2D eigenvalue weighted by molar-refractivity contribution is 8.23. The van der Waals surface area contributed by atoms with Gasteiger partial charge in [-0.2, -0.15) is 10.9 Å². The molecule has 0 spiro atoms. The van der Waals surface area contributed by atoms with Crippen LogP contribution in [-0.2, 0) is 11.2 Å². The summed E-state index contributed by atoms with van der Waals surface area (Å²) >= 11 is 0. The van der Waals surface area contributed by atoms with Gasteiger partial charge in [0.25, 0.3) is 0 Å². The van der Waals surface area contributed by atoms with Crippen LogP contribution in [0.15, 0.2) is 52.8 Å². The quantitative estimate of drug-likeness (QED) is 0.514. The van der Waals surface area contributed by atoms with Crippen molar-refractivity contribution < 1.29 is 25.2 Å². The largest absolute Gasteiger partial charge is 0.394 e. The van der Waals surface area contributed by atoms with Crippen LogP contribution in [0.3, 0.4) is 0 Å². The molecule has 6 heteroatoms. The van der Waals surface area contributed by atoms with Crippen LogP contribution in [0.4, 0.5) is 0 Å². The van der Waals surface area contributed by atoms with E-state index in [1.807, 2.05) is 47.9 Å². The number of allylic oxidation sites excluding steroid dienone is 3. The minimum absolute atomic E-state index is 0.397. The Balaban J connectivity index is 1.77. The number of rotatable bonds is 4. The zero-order valence-electron chi connectivity index (χ0n) is 12.6. The number of hydrogen-bond acceptors (Lipinski definition) is 5. The highest BCUT2D eigenvalue weighted by Gasteiger charge is 2.45. The van der Waals surface area contributed by atoms with Gasteiger partial charge in [-0.15, -0.1) is 0 Å². The third-order valence-corrected chi connectivity index (χ3v) is 6.68. The molecular weight excluding hydrogens is 316 g/mol. The van der Waals surface area contributed by atoms with Gasteiger partial charge in [0.2, 0.25) is 0 Å². The van der Waals surface area contributed by atoms with Crippen LogP contribution in [0.1, 0.15) is 5.56 Å². The van der Waals surface area contributed by atoms with Crippen molar-refractivity contribution in [1.29, 1.82) is 0 Å². The molecule has 1 aromatic rings. The summed E-state index contributed by atoms with van der Waals surface area (Å²) < 4.78 is 5.71. The lowest BCUT2D eigenvalue weighted by molar-refractivity contribution is -0.205. The maximum Gasteiger partial charge on any atom is 0.121 e. The zero-order valence-corrected chi connectivity index (χ0v) is 13.5. The molecule has 1 fully saturated rings. The van der Waals surface area contributed by atoms with Gasteiger partial charge in [-0.05, 0) is 15.9 Å². The lowest BCUT2D eigenvalue weighted by atomic mass is 10.0. The van der Waals surface area contributed by atoms with E-state index in [2.05, 4.69) is 0 Å². The number of hydrogen-bond donors (Lipinski definition) is 5. The molecule has 2 heterocycles. The van der Waals surface area contributed by atoms with Crippen molar-refractivity contribution in [3.05, 3.63) is 58.4 Å². The van der Waals surface area contributed by atoms with Gasteiger partial charge in [-0.25, -0.2) is 0 Å². The third kappa shape index (κ3) is 3.38. The van der Waals surface area contributed by atoms with Crippen molar-refractivity contribution >= 4 is 10.9 Å². The van der Waals surface area contributed by atoms with Crippen LogP contribution >= 0.6 is 10.9 Å². The van der Waals surface area contributed by atoms with Crippen LogP contribution in [0.25, 0.3) is 0 Å². The summed E-state index contributed by atoms with van der Waals surface area (Å²) in [5, 5.41) is 41.5. The topological polar surface area (TPSA) is 90.2 Å². The fraction of sp³-hybridized carbons (Fsp3) is 0.412. The summed E-state index contributed by atoms with van der Waals surface area (Å²) in [6, 6.07) is 10.0. The molecule has 1 aromatic carbocycles. The lowest BCUT2D eigenvalue weighted by Crippen LogP contribution is -2.58. The van der Waals surface area contributed by atoms with Crippen LogP contribution < -0.4 is 0 Å². The molecule has 1 saturated heterocycles. The Labute approximate surface area is 137 Å². The zero-order chi connectivity index (χ0) is 16.4. The molecule has 1 unspecified atom stereocenters. The molecule has 0 saturated carbocycles. The first kappa shape index (κ1) is 16.7. The van der Waals surface area contributed by atoms with Gasteiger partial charge in [-0.3, -0.25) is 0 Å². The first-order valence-electron chi connectivity index (χ1n) is 7.62. The Morgan fingerprint density at radius 1 is 1.00 bits per heavy atom. The Hall–Kier alpha value is -1.15. The van der Waals surface area contributed by atoms with Gasteiger partial charge in [-0.1, -0.05) is 42.5 Å². The number of benzene rings is 1. The van der Waals surface area contributed by atoms with Crippen molar-refractivity contribution in [3.63, 3.8) is 0 Å². The first-order chi connectivity index (χ1) is 11.1. The molecule has 2 aliphatic rings. The molecule has 0 aromatic heterocycles. The summed E-state index contributed by atoms with van der Waals surface area (Å²) in [6.45, 7) is -0.397. The van der Waals surface area contributed by atoms with E-state index in [0.29, 0.717) is 0 Å². The lowest BCUT2D eigenvalue weighted by Gasteiger charge is -2.43. The molecule has 0 aliphatic carbocycles. The molecule has 4 N–H and O–H groups in total. The monoisotopic (exact) mass is 338 g/mol. The van der Waals surface area contributed by atoms with Crippen molar-refractivity contribution in [3.8, 4) is 0 Å². The molecule has 23 heavy (non-hydrogen) atoms. The molecule has 3 rings (SSSR count). The van der Waals surface area contributed by atoms with E-state index in [-0.39, 0.29) is 0 Å². The average Bonchev–Trinajstić information content (AvgIpc) is 3.02. The van der Waals surface area contributed by atoms with E-state index in [0.717, 1.165) is 11.3 Å². The summed E-state index contributed by atoms with van der Waals surface area (Å²) in [5.41, 5.74) is 0.536. The van der Waals surface area contributed by atoms with Crippen molar-refractivity contribution in [2.45, 2.75) is 36.3 Å². The van der Waals surface area contributed by atoms with Crippen LogP contribution in [0, 0.1) is 0 Å². The van der Waals surface area contributed by atoms with E-state index in [9.17, 15) is 20.4 Å². The second-order valence-corrected chi connectivity index (χ2v) is 7.98. The fourth-order valence-corrected chi connectivity index (χ4v) is 5.32. The summed E-state index contributed by atoms with van der Waals surface area (Å²) in [5.74, 6) is 0. The number of thiol groups is 1.